The summed E-state index contributed by atoms with van der Waals surface area (Å²) < 4.78 is 192. The van der Waals surface area contributed by atoms with Crippen LogP contribution in [0.4, 0.5) is 54.1 Å². The van der Waals surface area contributed by atoms with Crippen LogP contribution in [0.15, 0.2) is 97.6 Å². The third kappa shape index (κ3) is 13.9. The molecule has 0 bridgehead atoms. The minimum absolute atomic E-state index is 0.000728. The molecule has 1 N–H and O–H groups in total. The number of unbranched alkanes of at least 4 members (excludes halogenated alkanes) is 3. The number of nitrogens with one attached hydrogen (secondary N) is 1. The number of rotatable bonds is 26. The number of anilines is 1. The third-order valence-corrected chi connectivity index (χ3v) is 12.9. The molecule has 23 heteroatoms. The molecule has 1 atom stereocenters. The first kappa shape index (κ1) is 58.4. The van der Waals surface area contributed by atoms with Crippen molar-refractivity contribution in [2.75, 3.05) is 84.3 Å². The van der Waals surface area contributed by atoms with E-state index in [-0.39, 0.29) is 61.1 Å². The number of nitrogens with zero attached hydrogens (tertiary/aromatic N) is 5. The number of halogens is 12. The second-order valence-electron chi connectivity index (χ2n) is 18.1. The molecule has 5 heterocycles. The lowest BCUT2D eigenvalue weighted by Crippen LogP contribution is -2.74. The number of alkyl halides is 7. The molecular formula is C54H55ClF11N6O5+3. The highest BCUT2D eigenvalue weighted by Crippen LogP contribution is 2.47. The summed E-state index contributed by atoms with van der Waals surface area (Å²) in [5, 5.41) is 2.74. The van der Waals surface area contributed by atoms with Gasteiger partial charge in [0.2, 0.25) is 17.8 Å². The van der Waals surface area contributed by atoms with E-state index in [2.05, 4.69) is 10.3 Å². The number of fused-ring (bicyclic) bond motifs is 3. The van der Waals surface area contributed by atoms with Crippen molar-refractivity contribution in [3.05, 3.63) is 149 Å². The van der Waals surface area contributed by atoms with E-state index >= 15 is 22.0 Å². The second-order valence-corrected chi connectivity index (χ2v) is 18.4. The van der Waals surface area contributed by atoms with Crippen molar-refractivity contribution >= 4 is 23.2 Å². The van der Waals surface area contributed by atoms with E-state index in [1.54, 1.807) is 19.0 Å². The van der Waals surface area contributed by atoms with E-state index < -0.39 is 86.3 Å². The van der Waals surface area contributed by atoms with Gasteiger partial charge >= 0.3 is 23.7 Å². The number of ether oxygens (including phenoxy) is 4. The van der Waals surface area contributed by atoms with Crippen molar-refractivity contribution in [1.82, 2.24) is 10.3 Å². The Labute approximate surface area is 441 Å². The summed E-state index contributed by atoms with van der Waals surface area (Å²) in [6.45, 7) is 3.18. The van der Waals surface area contributed by atoms with Crippen LogP contribution in [0.5, 0.6) is 0 Å². The van der Waals surface area contributed by atoms with Crippen LogP contribution in [0.1, 0.15) is 59.9 Å². The zero-order valence-corrected chi connectivity index (χ0v) is 42.6. The number of hydrogen-bond donors (Lipinski definition) is 1. The summed E-state index contributed by atoms with van der Waals surface area (Å²) in [7, 11) is 3.21. The molecule has 0 aliphatic carbocycles. The maximum atomic E-state index is 16.8. The Morgan fingerprint density at radius 2 is 1.25 bits per heavy atom. The Balaban J connectivity index is 1.19. The molecule has 4 aromatic heterocycles. The summed E-state index contributed by atoms with van der Waals surface area (Å²) in [5.41, 5.74) is -8.94. The van der Waals surface area contributed by atoms with E-state index in [0.29, 0.717) is 92.9 Å². The highest BCUT2D eigenvalue weighted by atomic mass is 35.5. The largest absolute Gasteiger partial charge is 0.422 e. The second kappa shape index (κ2) is 25.9. The van der Waals surface area contributed by atoms with Gasteiger partial charge in [0.1, 0.15) is 45.5 Å². The molecule has 0 unspecified atom stereocenters. The fourth-order valence-corrected chi connectivity index (χ4v) is 9.17. The van der Waals surface area contributed by atoms with Crippen molar-refractivity contribution in [3.63, 3.8) is 0 Å². The van der Waals surface area contributed by atoms with Crippen LogP contribution in [0.25, 0.3) is 33.9 Å². The SMILES string of the molecule is CN(C)c1cc[n+]([C@]2(c3cc(F)cc(F)c3-c3ccc(C(F)(F)F)cn3)c3cc(F)cc(F)c3-c3ccc(C(F)(F)F)c[n+]32)c(-c2cc(CCC(=O)NCCOCCOCCOCCOCCCCCCCl)cc[n+]2F)c1. The number of pyridine rings is 4. The number of amides is 1. The Hall–Kier alpha value is -6.33. The highest BCUT2D eigenvalue weighted by Gasteiger charge is 2.66. The average molecular weight is 1110 g/mol. The lowest BCUT2D eigenvalue weighted by Gasteiger charge is -2.26. The van der Waals surface area contributed by atoms with Gasteiger partial charge in [0.15, 0.2) is 12.4 Å². The third-order valence-electron chi connectivity index (χ3n) is 12.6. The molecule has 412 valence electrons. The first-order chi connectivity index (χ1) is 36.7. The van der Waals surface area contributed by atoms with E-state index in [1.165, 1.54) is 30.5 Å². The fourth-order valence-electron chi connectivity index (χ4n) is 8.98. The Kier molecular flexibility index (Phi) is 19.6. The molecule has 0 radical (unpaired) electrons. The van der Waals surface area contributed by atoms with Crippen LogP contribution < -0.4 is 24.1 Å². The van der Waals surface area contributed by atoms with Crippen molar-refractivity contribution in [2.45, 2.75) is 56.5 Å². The summed E-state index contributed by atoms with van der Waals surface area (Å²) >= 11 is 5.68. The van der Waals surface area contributed by atoms with Gasteiger partial charge < -0.3 is 29.2 Å². The van der Waals surface area contributed by atoms with E-state index in [0.717, 1.165) is 59.2 Å². The van der Waals surface area contributed by atoms with Crippen LogP contribution >= 0.6 is 11.6 Å². The van der Waals surface area contributed by atoms with Gasteiger partial charge in [0, 0.05) is 98.7 Å². The van der Waals surface area contributed by atoms with Gasteiger partial charge in [-0.05, 0) is 55.2 Å². The summed E-state index contributed by atoms with van der Waals surface area (Å²) in [5.74, 6) is -5.18. The molecular weight excluding hydrogens is 1060 g/mol. The average Bonchev–Trinajstić information content (AvgIpc) is 3.94. The Morgan fingerprint density at radius 1 is 0.649 bits per heavy atom. The molecule has 0 spiro atoms. The molecule has 2 aromatic carbocycles. The number of carbonyl (C=O) groups excluding carboxylic acids is 1. The molecule has 7 rings (SSSR count). The lowest BCUT2D eigenvalue weighted by molar-refractivity contribution is -0.961. The summed E-state index contributed by atoms with van der Waals surface area (Å²) in [6, 6.07) is 10.4. The Morgan fingerprint density at radius 3 is 1.86 bits per heavy atom. The molecule has 1 aliphatic rings. The first-order valence-electron chi connectivity index (χ1n) is 24.5. The topological polar surface area (TPSA) is 93.8 Å². The number of benzene rings is 2. The minimum atomic E-state index is -5.12. The summed E-state index contributed by atoms with van der Waals surface area (Å²) in [6.07, 6.45) is -2.98. The maximum Gasteiger partial charge on any atom is 0.422 e. The first-order valence-corrected chi connectivity index (χ1v) is 25.0. The van der Waals surface area contributed by atoms with Crippen LogP contribution in [0.2, 0.25) is 0 Å². The van der Waals surface area contributed by atoms with Gasteiger partial charge in [-0.3, -0.25) is 9.78 Å². The molecule has 6 aromatic rings. The molecule has 77 heavy (non-hydrogen) atoms. The van der Waals surface area contributed by atoms with Crippen molar-refractivity contribution < 1.29 is 86.1 Å². The van der Waals surface area contributed by atoms with Crippen molar-refractivity contribution in [1.29, 1.82) is 0 Å². The lowest BCUT2D eigenvalue weighted by atomic mass is 9.84. The predicted molar refractivity (Wildman–Crippen MR) is 260 cm³/mol. The van der Waals surface area contributed by atoms with Crippen LogP contribution in [0.3, 0.4) is 0 Å². The minimum Gasteiger partial charge on any atom is -0.379 e. The standard InChI is InChI=1S/C54H54ClF11N6O5/c1-69(2)40-14-17-70(47(32-40)48-27-35(13-18-72(48)66)7-12-49(73)67-16-20-75-22-24-77-26-25-76-23-21-74-19-6-4-3-5-15-55)52(41-28-38(56)30-43(58)50(41)45-10-8-36(33-68-45)53(60,61)62)42-29-39(57)31-44(59)51(42)46-11-9-37(34-71(46)52)54(63,64)65/h8-11,13-14,17-18,27-34H,3-7,12,15-16,19-26H2,1-2H3/q+2/p+1/t52-/m0/s1. The van der Waals surface area contributed by atoms with E-state index in [4.69, 9.17) is 30.5 Å². The van der Waals surface area contributed by atoms with Gasteiger partial charge in [-0.15, -0.1) is 20.7 Å². The zero-order chi connectivity index (χ0) is 55.5. The smallest absolute Gasteiger partial charge is 0.379 e. The summed E-state index contributed by atoms with van der Waals surface area (Å²) in [4.78, 5) is 18.6. The molecule has 0 saturated heterocycles. The van der Waals surface area contributed by atoms with Crippen molar-refractivity contribution in [2.24, 2.45) is 0 Å². The van der Waals surface area contributed by atoms with E-state index in [1.807, 2.05) is 0 Å². The van der Waals surface area contributed by atoms with E-state index in [9.17, 15) is 31.1 Å². The number of hydrogen-bond acceptors (Lipinski definition) is 7. The zero-order valence-electron chi connectivity index (χ0n) is 41.9. The van der Waals surface area contributed by atoms with Gasteiger partial charge in [0.05, 0.1) is 67.6 Å². The maximum absolute atomic E-state index is 16.8. The number of aryl methyl sites for hydroxylation is 1. The number of carbonyl (C=O) groups is 1. The van der Waals surface area contributed by atoms with Crippen LogP contribution in [0, 0.1) is 23.3 Å². The molecule has 1 aliphatic heterocycles. The van der Waals surface area contributed by atoms with Crippen LogP contribution in [-0.2, 0) is 48.2 Å². The Bertz CT molecular complexity index is 3000. The van der Waals surface area contributed by atoms with Crippen molar-refractivity contribution in [3.8, 4) is 33.9 Å². The fraction of sp³-hybridized carbons (Fsp3) is 0.389. The molecule has 0 saturated carbocycles. The quantitative estimate of drug-likeness (QED) is 0.0250. The number of aromatic nitrogens is 4. The van der Waals surface area contributed by atoms with Gasteiger partial charge in [0.25, 0.3) is 5.69 Å². The van der Waals surface area contributed by atoms with Crippen LogP contribution in [-0.4, -0.2) is 90.3 Å². The highest BCUT2D eigenvalue weighted by molar-refractivity contribution is 6.17. The molecule has 0 fully saturated rings. The predicted octanol–water partition coefficient (Wildman–Crippen LogP) is 9.86. The molecule has 11 nitrogen and oxygen atoms in total. The van der Waals surface area contributed by atoms with Gasteiger partial charge in [-0.25, -0.2) is 17.6 Å². The van der Waals surface area contributed by atoms with Gasteiger partial charge in [-0.2, -0.15) is 26.3 Å². The molecule has 1 amide bonds. The monoisotopic (exact) mass is 1110 g/mol. The van der Waals surface area contributed by atoms with Gasteiger partial charge in [-0.1, -0.05) is 12.8 Å². The normalized spacial score (nSPS) is 14.2.